The lowest BCUT2D eigenvalue weighted by Crippen LogP contribution is -2.47. The quantitative estimate of drug-likeness (QED) is 0.530. The number of aromatic nitrogens is 5. The summed E-state index contributed by atoms with van der Waals surface area (Å²) in [7, 11) is -1.57. The molecule has 0 bridgehead atoms. The molecule has 2 N–H and O–H groups in total. The number of anilines is 3. The van der Waals surface area contributed by atoms with Gasteiger partial charge in [-0.15, -0.1) is 0 Å². The molecule has 4 rings (SSSR count). The van der Waals surface area contributed by atoms with E-state index in [9.17, 15) is 17.2 Å². The summed E-state index contributed by atoms with van der Waals surface area (Å²) in [5, 5.41) is 11.0. The third-order valence-electron chi connectivity index (χ3n) is 5.48. The van der Waals surface area contributed by atoms with E-state index in [4.69, 9.17) is 11.6 Å². The maximum Gasteiger partial charge on any atom is 0.280 e. The molecule has 0 aromatic carbocycles. The van der Waals surface area contributed by atoms with E-state index in [-0.39, 0.29) is 29.5 Å². The molecular weight excluding hydrogens is 478 g/mol. The molecule has 0 aliphatic carbocycles. The molecule has 1 fully saturated rings. The molecule has 10 nitrogen and oxygen atoms in total. The molecule has 0 unspecified atom stereocenters. The van der Waals surface area contributed by atoms with Crippen LogP contribution in [0.25, 0.3) is 10.9 Å². The van der Waals surface area contributed by atoms with Crippen molar-refractivity contribution >= 4 is 50.1 Å². The summed E-state index contributed by atoms with van der Waals surface area (Å²) in [6.45, 7) is 2.72. The number of alkyl halides is 2. The second-order valence-corrected chi connectivity index (χ2v) is 10.5. The minimum Gasteiger partial charge on any atom is -0.351 e. The number of piperidine rings is 1. The van der Waals surface area contributed by atoms with Crippen LogP contribution in [0, 0.1) is 5.92 Å². The van der Waals surface area contributed by atoms with Gasteiger partial charge in [0.25, 0.3) is 6.43 Å². The Kier molecular flexibility index (Phi) is 6.38. The Morgan fingerprint density at radius 2 is 2.03 bits per heavy atom. The van der Waals surface area contributed by atoms with Crippen molar-refractivity contribution in [2.24, 2.45) is 13.0 Å². The van der Waals surface area contributed by atoms with Crippen molar-refractivity contribution in [2.45, 2.75) is 25.8 Å². The van der Waals surface area contributed by atoms with Crippen LogP contribution in [-0.2, 0) is 17.1 Å². The Morgan fingerprint density at radius 3 is 2.64 bits per heavy atom. The summed E-state index contributed by atoms with van der Waals surface area (Å²) >= 11 is 6.15. The summed E-state index contributed by atoms with van der Waals surface area (Å²) in [6.07, 6.45) is 2.00. The number of nitrogens with zero attached hydrogens (tertiary/aromatic N) is 6. The number of hydrogen-bond acceptors (Lipinski definition) is 8. The third-order valence-corrected chi connectivity index (χ3v) is 7.03. The zero-order valence-electron chi connectivity index (χ0n) is 18.1. The smallest absolute Gasteiger partial charge is 0.280 e. The largest absolute Gasteiger partial charge is 0.351 e. The minimum absolute atomic E-state index is 0.0111. The van der Waals surface area contributed by atoms with Crippen LogP contribution in [0.15, 0.2) is 18.5 Å². The lowest BCUT2D eigenvalue weighted by atomic mass is 9.95. The average Bonchev–Trinajstić information content (AvgIpc) is 3.05. The van der Waals surface area contributed by atoms with Gasteiger partial charge in [0.05, 0.1) is 6.26 Å². The average molecular weight is 501 g/mol. The Balaban J connectivity index is 1.65. The van der Waals surface area contributed by atoms with E-state index in [1.165, 1.54) is 27.5 Å². The number of sulfonamides is 1. The van der Waals surface area contributed by atoms with Crippen molar-refractivity contribution in [3.63, 3.8) is 0 Å². The number of hydrogen-bond donors (Lipinski definition) is 2. The fourth-order valence-corrected chi connectivity index (χ4v) is 4.94. The van der Waals surface area contributed by atoms with Crippen molar-refractivity contribution < 1.29 is 17.2 Å². The molecule has 33 heavy (non-hydrogen) atoms. The number of pyridine rings is 1. The first-order chi connectivity index (χ1) is 15.5. The number of nitrogens with one attached hydrogen (secondary N) is 2. The predicted molar refractivity (Wildman–Crippen MR) is 121 cm³/mol. The monoisotopic (exact) mass is 500 g/mol. The van der Waals surface area contributed by atoms with Crippen molar-refractivity contribution in [2.75, 3.05) is 30.0 Å². The molecular formula is C19H23ClF2N8O2S. The first kappa shape index (κ1) is 23.5. The van der Waals surface area contributed by atoms with Gasteiger partial charge in [-0.2, -0.15) is 5.10 Å². The molecule has 2 atom stereocenters. The second kappa shape index (κ2) is 8.95. The van der Waals surface area contributed by atoms with Crippen molar-refractivity contribution in [3.8, 4) is 0 Å². The highest BCUT2D eigenvalue weighted by Gasteiger charge is 2.31. The molecule has 3 aromatic heterocycles. The molecule has 1 aliphatic rings. The SMILES string of the molecule is C[C@@H]1CN(S(C)(=O)=O)CC[C@@H]1Nc1ncc2cc(C(F)F)nc(Nc3nn(C)cc3Cl)c2n1. The maximum absolute atomic E-state index is 13.4. The highest BCUT2D eigenvalue weighted by atomic mass is 35.5. The fraction of sp³-hybridized carbons (Fsp3) is 0.474. The summed E-state index contributed by atoms with van der Waals surface area (Å²) in [5.41, 5.74) is -0.108. The van der Waals surface area contributed by atoms with Gasteiger partial charge in [0.1, 0.15) is 16.2 Å². The van der Waals surface area contributed by atoms with E-state index in [0.29, 0.717) is 35.4 Å². The highest BCUT2D eigenvalue weighted by molar-refractivity contribution is 7.88. The molecule has 1 aliphatic heterocycles. The molecule has 178 valence electrons. The molecule has 14 heteroatoms. The van der Waals surface area contributed by atoms with Gasteiger partial charge in [-0.3, -0.25) is 4.68 Å². The lowest BCUT2D eigenvalue weighted by molar-refractivity contribution is 0.146. The van der Waals surface area contributed by atoms with Crippen LogP contribution < -0.4 is 10.6 Å². The van der Waals surface area contributed by atoms with Crippen molar-refractivity contribution in [1.29, 1.82) is 0 Å². The predicted octanol–water partition coefficient (Wildman–Crippen LogP) is 3.17. The molecule has 3 aromatic rings. The van der Waals surface area contributed by atoms with E-state index >= 15 is 0 Å². The van der Waals surface area contributed by atoms with E-state index in [2.05, 4.69) is 30.7 Å². The standard InChI is InChI=1S/C19H23ClF2N8O2S/c1-10-8-30(33(3,31)32)5-4-13(10)25-19-23-7-11-6-14(16(21)22)24-18(15(11)26-19)27-17-12(20)9-29(2)28-17/h6-7,9-10,13,16H,4-5,8H2,1-3H3,(H,23,25,26)(H,24,27,28)/t10-,13+/m1/s1. The van der Waals surface area contributed by atoms with Gasteiger partial charge in [-0.25, -0.2) is 36.5 Å². The lowest BCUT2D eigenvalue weighted by Gasteiger charge is -2.35. The zero-order chi connectivity index (χ0) is 23.9. The van der Waals surface area contributed by atoms with Crippen LogP contribution in [0.5, 0.6) is 0 Å². The number of fused-ring (bicyclic) bond motifs is 1. The van der Waals surface area contributed by atoms with Gasteiger partial charge in [0, 0.05) is 44.0 Å². The first-order valence-corrected chi connectivity index (χ1v) is 12.4. The van der Waals surface area contributed by atoms with Crippen LogP contribution in [0.2, 0.25) is 5.02 Å². The van der Waals surface area contributed by atoms with Gasteiger partial charge in [0.15, 0.2) is 11.6 Å². The topological polar surface area (TPSA) is 118 Å². The van der Waals surface area contributed by atoms with Gasteiger partial charge < -0.3 is 10.6 Å². The van der Waals surface area contributed by atoms with Gasteiger partial charge in [0.2, 0.25) is 16.0 Å². The fourth-order valence-electron chi connectivity index (χ4n) is 3.77. The Labute approximate surface area is 194 Å². The van der Waals surface area contributed by atoms with Crippen LogP contribution in [0.4, 0.5) is 26.4 Å². The van der Waals surface area contributed by atoms with E-state index in [1.807, 2.05) is 6.92 Å². The van der Waals surface area contributed by atoms with E-state index < -0.39 is 22.1 Å². The van der Waals surface area contributed by atoms with Crippen LogP contribution in [0.3, 0.4) is 0 Å². The maximum atomic E-state index is 13.4. The number of rotatable bonds is 6. The third kappa shape index (κ3) is 5.14. The molecule has 0 amide bonds. The minimum atomic E-state index is -3.25. The molecule has 0 saturated carbocycles. The van der Waals surface area contributed by atoms with Crippen molar-refractivity contribution in [3.05, 3.63) is 29.2 Å². The van der Waals surface area contributed by atoms with Crippen molar-refractivity contribution in [1.82, 2.24) is 29.0 Å². The summed E-state index contributed by atoms with van der Waals surface area (Å²) < 4.78 is 53.4. The van der Waals surface area contributed by atoms with Crippen LogP contribution >= 0.6 is 11.6 Å². The zero-order valence-corrected chi connectivity index (χ0v) is 19.7. The van der Waals surface area contributed by atoms with Gasteiger partial charge in [-0.05, 0) is 18.4 Å². The Hall–Kier alpha value is -2.64. The first-order valence-electron chi connectivity index (χ1n) is 10.1. The molecule has 0 radical (unpaired) electrons. The second-order valence-electron chi connectivity index (χ2n) is 8.09. The number of aryl methyl sites for hydroxylation is 1. The van der Waals surface area contributed by atoms with Crippen LogP contribution in [0.1, 0.15) is 25.5 Å². The van der Waals surface area contributed by atoms with Gasteiger partial charge >= 0.3 is 0 Å². The van der Waals surface area contributed by atoms with E-state index in [1.54, 1.807) is 13.2 Å². The normalized spacial score (nSPS) is 19.8. The Morgan fingerprint density at radius 1 is 1.27 bits per heavy atom. The summed E-state index contributed by atoms with van der Waals surface area (Å²) in [5.74, 6) is 0.633. The molecule has 0 spiro atoms. The molecule has 1 saturated heterocycles. The molecule has 4 heterocycles. The summed E-state index contributed by atoms with van der Waals surface area (Å²) in [4.78, 5) is 12.8. The van der Waals surface area contributed by atoms with E-state index in [0.717, 1.165) is 0 Å². The number of halogens is 3. The van der Waals surface area contributed by atoms with Crippen LogP contribution in [-0.4, -0.2) is 62.8 Å². The Bertz CT molecular complexity index is 1290. The van der Waals surface area contributed by atoms with Gasteiger partial charge in [-0.1, -0.05) is 18.5 Å². The highest BCUT2D eigenvalue weighted by Crippen LogP contribution is 2.31. The summed E-state index contributed by atoms with van der Waals surface area (Å²) in [6, 6.07) is 1.18.